The van der Waals surface area contributed by atoms with Crippen LogP contribution in [0.4, 0.5) is 21.0 Å². The molecule has 0 spiro atoms. The molecule has 2 aliphatic rings. The zero-order valence-electron chi connectivity index (χ0n) is 26.5. The Labute approximate surface area is 266 Å². The van der Waals surface area contributed by atoms with Gasteiger partial charge in [-0.2, -0.15) is 5.26 Å². The standard InChI is InChI=1S/C32H37N5O9/c1-31(2,3)45-29(42)37(30(43)46-32(4,5)6)17-20-13-21(9-7-18(20)15-33)35-27(40)24(38)25-28(41)36(11-12-44-25)22-10-8-19-16-34-26(39)23(19)14-22/h7-10,13-14,24-25,38H,11-12,16-17H2,1-6H3,(H,34,39)(H,35,40)/t24-,25-/m1/s1. The molecule has 0 saturated carbocycles. The maximum Gasteiger partial charge on any atom is 0.420 e. The lowest BCUT2D eigenvalue weighted by Gasteiger charge is -2.34. The van der Waals surface area contributed by atoms with Crippen LogP contribution in [-0.4, -0.2) is 76.5 Å². The smallest absolute Gasteiger partial charge is 0.420 e. The molecular formula is C32H37N5O9. The second-order valence-electron chi connectivity index (χ2n) is 12.8. The van der Waals surface area contributed by atoms with Crippen molar-refractivity contribution in [1.29, 1.82) is 5.26 Å². The number of nitrogens with one attached hydrogen (secondary N) is 2. The summed E-state index contributed by atoms with van der Waals surface area (Å²) in [7, 11) is 0. The van der Waals surface area contributed by atoms with E-state index in [9.17, 15) is 34.3 Å². The highest BCUT2D eigenvalue weighted by Gasteiger charge is 2.40. The van der Waals surface area contributed by atoms with Gasteiger partial charge in [-0.15, -0.1) is 0 Å². The summed E-state index contributed by atoms with van der Waals surface area (Å²) in [5.41, 5.74) is 0.167. The molecule has 244 valence electrons. The Bertz CT molecular complexity index is 1570. The van der Waals surface area contributed by atoms with E-state index >= 15 is 0 Å². The van der Waals surface area contributed by atoms with Crippen LogP contribution in [0.15, 0.2) is 36.4 Å². The largest absolute Gasteiger partial charge is 0.443 e. The quantitative estimate of drug-likeness (QED) is 0.425. The lowest BCUT2D eigenvalue weighted by molar-refractivity contribution is -0.150. The van der Waals surface area contributed by atoms with Crippen molar-refractivity contribution in [3.63, 3.8) is 0 Å². The maximum absolute atomic E-state index is 13.3. The number of aliphatic hydroxyl groups is 1. The van der Waals surface area contributed by atoms with Gasteiger partial charge in [-0.3, -0.25) is 14.4 Å². The second kappa shape index (κ2) is 13.2. The van der Waals surface area contributed by atoms with Crippen LogP contribution in [0, 0.1) is 11.3 Å². The molecule has 4 rings (SSSR count). The molecule has 2 aliphatic heterocycles. The summed E-state index contributed by atoms with van der Waals surface area (Å²) in [6.45, 7) is 9.91. The number of morpholine rings is 1. The van der Waals surface area contributed by atoms with E-state index in [-0.39, 0.29) is 35.9 Å². The summed E-state index contributed by atoms with van der Waals surface area (Å²) in [6.07, 6.45) is -5.47. The third-order valence-electron chi connectivity index (χ3n) is 6.82. The van der Waals surface area contributed by atoms with Gasteiger partial charge in [0.1, 0.15) is 11.2 Å². The Morgan fingerprint density at radius 3 is 2.35 bits per heavy atom. The van der Waals surface area contributed by atoms with Crippen molar-refractivity contribution in [2.75, 3.05) is 23.4 Å². The number of nitrogens with zero attached hydrogens (tertiary/aromatic N) is 3. The second-order valence-corrected chi connectivity index (χ2v) is 12.8. The Morgan fingerprint density at radius 2 is 1.74 bits per heavy atom. The molecular weight excluding hydrogens is 598 g/mol. The van der Waals surface area contributed by atoms with Crippen LogP contribution < -0.4 is 15.5 Å². The molecule has 2 atom stereocenters. The number of nitriles is 1. The van der Waals surface area contributed by atoms with E-state index in [2.05, 4.69) is 10.6 Å². The molecule has 3 N–H and O–H groups in total. The van der Waals surface area contributed by atoms with Gasteiger partial charge in [0.05, 0.1) is 24.8 Å². The van der Waals surface area contributed by atoms with Crippen molar-refractivity contribution in [2.45, 2.75) is 78.0 Å². The minimum Gasteiger partial charge on any atom is -0.443 e. The molecule has 14 nitrogen and oxygen atoms in total. The first-order valence-corrected chi connectivity index (χ1v) is 14.6. The van der Waals surface area contributed by atoms with E-state index in [0.29, 0.717) is 22.7 Å². The number of hydrogen-bond donors (Lipinski definition) is 3. The first-order valence-electron chi connectivity index (χ1n) is 14.6. The molecule has 5 amide bonds. The molecule has 14 heteroatoms. The lowest BCUT2D eigenvalue weighted by atomic mass is 10.1. The predicted molar refractivity (Wildman–Crippen MR) is 164 cm³/mol. The van der Waals surface area contributed by atoms with Crippen molar-refractivity contribution in [3.8, 4) is 6.07 Å². The van der Waals surface area contributed by atoms with Gasteiger partial charge < -0.3 is 34.9 Å². The van der Waals surface area contributed by atoms with Crippen molar-refractivity contribution >= 4 is 41.3 Å². The number of rotatable bonds is 6. The lowest BCUT2D eigenvalue weighted by Crippen LogP contribution is -2.55. The van der Waals surface area contributed by atoms with Crippen molar-refractivity contribution < 1.29 is 43.3 Å². The first kappa shape index (κ1) is 33.9. The zero-order valence-corrected chi connectivity index (χ0v) is 26.5. The van der Waals surface area contributed by atoms with Gasteiger partial charge in [0.2, 0.25) is 0 Å². The number of carbonyl (C=O) groups is 5. The fraction of sp³-hybridized carbons (Fsp3) is 0.438. The predicted octanol–water partition coefficient (Wildman–Crippen LogP) is 3.21. The van der Waals surface area contributed by atoms with E-state index in [1.54, 1.807) is 59.7 Å². The Morgan fingerprint density at radius 1 is 1.09 bits per heavy atom. The maximum atomic E-state index is 13.3. The van der Waals surface area contributed by atoms with Gasteiger partial charge in [0.15, 0.2) is 12.2 Å². The third-order valence-corrected chi connectivity index (χ3v) is 6.82. The summed E-state index contributed by atoms with van der Waals surface area (Å²) in [4.78, 5) is 66.6. The van der Waals surface area contributed by atoms with Crippen LogP contribution in [0.3, 0.4) is 0 Å². The number of amides is 5. The van der Waals surface area contributed by atoms with E-state index in [4.69, 9.17) is 14.2 Å². The molecule has 0 radical (unpaired) electrons. The fourth-order valence-corrected chi connectivity index (χ4v) is 4.73. The number of carbonyl (C=O) groups excluding carboxylic acids is 5. The molecule has 0 aliphatic carbocycles. The highest BCUT2D eigenvalue weighted by atomic mass is 16.6. The number of benzene rings is 2. The molecule has 0 unspecified atom stereocenters. The highest BCUT2D eigenvalue weighted by Crippen LogP contribution is 2.27. The molecule has 46 heavy (non-hydrogen) atoms. The topological polar surface area (TPSA) is 188 Å². The number of imide groups is 1. The van der Waals surface area contributed by atoms with Crippen LogP contribution >= 0.6 is 0 Å². The van der Waals surface area contributed by atoms with Gasteiger partial charge in [-0.05, 0) is 83.0 Å². The van der Waals surface area contributed by atoms with Crippen LogP contribution in [0.25, 0.3) is 0 Å². The number of hydrogen-bond acceptors (Lipinski definition) is 10. The number of ether oxygens (including phenoxy) is 3. The normalized spacial score (nSPS) is 16.9. The van der Waals surface area contributed by atoms with Gasteiger partial charge in [-0.1, -0.05) is 6.07 Å². The number of aliphatic hydroxyl groups excluding tert-OH is 1. The summed E-state index contributed by atoms with van der Waals surface area (Å²) in [5.74, 6) is -1.89. The summed E-state index contributed by atoms with van der Waals surface area (Å²) in [5, 5.41) is 25.8. The Balaban J connectivity index is 1.52. The minimum absolute atomic E-state index is 0.0240. The van der Waals surface area contributed by atoms with E-state index in [0.717, 1.165) is 5.56 Å². The van der Waals surface area contributed by atoms with E-state index < -0.39 is 54.0 Å². The van der Waals surface area contributed by atoms with Crippen LogP contribution in [-0.2, 0) is 36.9 Å². The first-order chi connectivity index (χ1) is 21.5. The van der Waals surface area contributed by atoms with Crippen LogP contribution in [0.5, 0.6) is 0 Å². The summed E-state index contributed by atoms with van der Waals surface area (Å²) in [6, 6.07) is 11.1. The molecule has 2 heterocycles. The Hall–Kier alpha value is -5.00. The fourth-order valence-electron chi connectivity index (χ4n) is 4.73. The molecule has 2 aromatic carbocycles. The zero-order chi connectivity index (χ0) is 34.0. The number of anilines is 2. The SMILES string of the molecule is CC(C)(C)OC(=O)N(Cc1cc(NC(=O)[C@H](O)[C@H]2OCCN(c3ccc4c(c3)C(=O)NC4)C2=O)ccc1C#N)C(=O)OC(C)(C)C. The van der Waals surface area contributed by atoms with Crippen molar-refractivity contribution in [3.05, 3.63) is 58.7 Å². The monoisotopic (exact) mass is 635 g/mol. The Kier molecular flexibility index (Phi) is 9.69. The van der Waals surface area contributed by atoms with Gasteiger partial charge in [-0.25, -0.2) is 14.5 Å². The average Bonchev–Trinajstić information content (AvgIpc) is 3.33. The van der Waals surface area contributed by atoms with Gasteiger partial charge >= 0.3 is 12.2 Å². The summed E-state index contributed by atoms with van der Waals surface area (Å²) < 4.78 is 16.3. The van der Waals surface area contributed by atoms with Crippen LogP contribution in [0.2, 0.25) is 0 Å². The van der Waals surface area contributed by atoms with Gasteiger partial charge in [0.25, 0.3) is 17.7 Å². The minimum atomic E-state index is -1.92. The van der Waals surface area contributed by atoms with Crippen molar-refractivity contribution in [1.82, 2.24) is 10.2 Å². The summed E-state index contributed by atoms with van der Waals surface area (Å²) >= 11 is 0. The molecule has 2 aromatic rings. The number of fused-ring (bicyclic) bond motifs is 1. The van der Waals surface area contributed by atoms with E-state index in [1.807, 2.05) is 6.07 Å². The molecule has 0 aromatic heterocycles. The van der Waals surface area contributed by atoms with E-state index in [1.165, 1.54) is 23.1 Å². The highest BCUT2D eigenvalue weighted by molar-refractivity contribution is 6.05. The molecule has 0 bridgehead atoms. The third kappa shape index (κ3) is 7.98. The molecule has 1 saturated heterocycles. The molecule has 1 fully saturated rings. The van der Waals surface area contributed by atoms with Gasteiger partial charge in [0, 0.05) is 30.0 Å². The van der Waals surface area contributed by atoms with Crippen LogP contribution in [0.1, 0.15) is 68.6 Å². The van der Waals surface area contributed by atoms with Crippen molar-refractivity contribution in [2.24, 2.45) is 0 Å². The average molecular weight is 636 g/mol.